The van der Waals surface area contributed by atoms with Gasteiger partial charge in [0.05, 0.1) is 0 Å². The second kappa shape index (κ2) is 9.74. The van der Waals surface area contributed by atoms with Gasteiger partial charge in [-0.15, -0.1) is 0 Å². The summed E-state index contributed by atoms with van der Waals surface area (Å²) >= 11 is 4.56. The summed E-state index contributed by atoms with van der Waals surface area (Å²) in [5, 5.41) is 0. The molecule has 0 atom stereocenters. The molecule has 1 spiro atoms. The molecule has 0 radical (unpaired) electrons. The van der Waals surface area contributed by atoms with Crippen molar-refractivity contribution in [3.8, 4) is 11.5 Å². The highest BCUT2D eigenvalue weighted by atomic mass is 32.1. The molecule has 0 N–H and O–H groups in total. The molecule has 0 unspecified atom stereocenters. The zero-order chi connectivity index (χ0) is 25.4. The first-order valence-electron chi connectivity index (χ1n) is 13.0. The van der Waals surface area contributed by atoms with E-state index < -0.39 is 5.54 Å². The van der Waals surface area contributed by atoms with Crippen molar-refractivity contribution >= 4 is 29.9 Å². The van der Waals surface area contributed by atoms with E-state index in [0.29, 0.717) is 12.3 Å². The summed E-state index contributed by atoms with van der Waals surface area (Å²) in [5.74, 6) is 2.22. The van der Waals surface area contributed by atoms with Gasteiger partial charge in [0, 0.05) is 78.7 Å². The number of hydrogen-bond donors (Lipinski definition) is 1. The van der Waals surface area contributed by atoms with Gasteiger partial charge in [-0.3, -0.25) is 4.79 Å². The fraction of sp³-hybridized carbons (Fsp3) is 0.367. The molecule has 0 fully saturated rings. The Hall–Kier alpha value is -3.12. The number of ether oxygens (including phenoxy) is 1. The Morgan fingerprint density at radius 3 is 1.81 bits per heavy atom. The van der Waals surface area contributed by atoms with Gasteiger partial charge >= 0.3 is 0 Å². The molecule has 188 valence electrons. The van der Waals surface area contributed by atoms with Gasteiger partial charge < -0.3 is 19.4 Å². The molecule has 36 heavy (non-hydrogen) atoms. The number of thiol groups is 1. The number of hydrogen-bond acceptors (Lipinski definition) is 5. The summed E-state index contributed by atoms with van der Waals surface area (Å²) in [6.45, 7) is 12.8. The van der Waals surface area contributed by atoms with Crippen molar-refractivity contribution in [2.45, 2.75) is 33.2 Å². The smallest absolute Gasteiger partial charge is 0.255 e. The van der Waals surface area contributed by atoms with Crippen LogP contribution in [0.4, 0.5) is 11.4 Å². The Morgan fingerprint density at radius 1 is 0.778 bits per heavy atom. The Balaban J connectivity index is 1.82. The van der Waals surface area contributed by atoms with Crippen molar-refractivity contribution in [3.05, 3.63) is 82.9 Å². The minimum Gasteiger partial charge on any atom is -0.456 e. The number of nitrogens with zero attached hydrogens (tertiary/aromatic N) is 3. The molecule has 3 aromatic carbocycles. The van der Waals surface area contributed by atoms with Crippen LogP contribution in [0.1, 0.15) is 54.7 Å². The lowest BCUT2D eigenvalue weighted by Crippen LogP contribution is -2.48. The highest BCUT2D eigenvalue weighted by Crippen LogP contribution is 2.58. The van der Waals surface area contributed by atoms with Crippen LogP contribution in [0.25, 0.3) is 0 Å². The second-order valence-electron chi connectivity index (χ2n) is 9.24. The van der Waals surface area contributed by atoms with Crippen molar-refractivity contribution in [2.24, 2.45) is 0 Å². The van der Waals surface area contributed by atoms with Gasteiger partial charge in [0.2, 0.25) is 0 Å². The fourth-order valence-corrected chi connectivity index (χ4v) is 6.20. The maximum atomic E-state index is 13.9. The van der Waals surface area contributed by atoms with Crippen LogP contribution in [0.5, 0.6) is 11.5 Å². The molecule has 0 saturated carbocycles. The molecule has 1 amide bonds. The number of amides is 1. The van der Waals surface area contributed by atoms with E-state index in [1.807, 2.05) is 23.1 Å². The number of carbonyl (C=O) groups excluding carboxylic acids is 1. The third-order valence-corrected chi connectivity index (χ3v) is 7.91. The summed E-state index contributed by atoms with van der Waals surface area (Å²) in [6.07, 6.45) is 0. The summed E-state index contributed by atoms with van der Waals surface area (Å²) in [6, 6.07) is 20.9. The third-order valence-electron chi connectivity index (χ3n) is 7.71. The van der Waals surface area contributed by atoms with Crippen LogP contribution in [0, 0.1) is 0 Å². The molecule has 2 heterocycles. The standard InChI is InChI=1S/C30H35N3O2S/c1-5-31(6-2)21-13-15-25-27(19-21)35-28-20-22(32(7-3)8-4)14-16-26(28)30(25)24-12-10-9-11-23(24)29(34)33(30)17-18-36/h9-16,19-20,36H,5-8,17-18H2,1-4H3. The van der Waals surface area contributed by atoms with E-state index in [9.17, 15) is 4.79 Å². The van der Waals surface area contributed by atoms with Crippen molar-refractivity contribution in [2.75, 3.05) is 48.3 Å². The summed E-state index contributed by atoms with van der Waals surface area (Å²) in [7, 11) is 0. The van der Waals surface area contributed by atoms with Gasteiger partial charge in [-0.2, -0.15) is 12.6 Å². The predicted molar refractivity (Wildman–Crippen MR) is 151 cm³/mol. The van der Waals surface area contributed by atoms with Crippen LogP contribution in [-0.2, 0) is 5.54 Å². The van der Waals surface area contributed by atoms with Crippen LogP contribution in [0.3, 0.4) is 0 Å². The van der Waals surface area contributed by atoms with Crippen LogP contribution in [0.15, 0.2) is 60.7 Å². The van der Waals surface area contributed by atoms with Crippen molar-refractivity contribution in [1.82, 2.24) is 4.90 Å². The third kappa shape index (κ3) is 3.49. The molecule has 5 nitrogen and oxygen atoms in total. The zero-order valence-corrected chi connectivity index (χ0v) is 22.5. The Morgan fingerprint density at radius 2 is 1.31 bits per heavy atom. The average molecular weight is 502 g/mol. The van der Waals surface area contributed by atoms with Crippen molar-refractivity contribution in [3.63, 3.8) is 0 Å². The lowest BCUT2D eigenvalue weighted by Gasteiger charge is -2.44. The van der Waals surface area contributed by atoms with E-state index in [1.165, 1.54) is 0 Å². The van der Waals surface area contributed by atoms with Crippen LogP contribution < -0.4 is 14.5 Å². The van der Waals surface area contributed by atoms with Gasteiger partial charge in [0.25, 0.3) is 5.91 Å². The largest absolute Gasteiger partial charge is 0.456 e. The highest BCUT2D eigenvalue weighted by Gasteiger charge is 2.56. The van der Waals surface area contributed by atoms with Gasteiger partial charge in [0.1, 0.15) is 17.0 Å². The molecule has 6 heteroatoms. The Bertz CT molecular complexity index is 1220. The summed E-state index contributed by atoms with van der Waals surface area (Å²) < 4.78 is 6.69. The molecule has 0 bridgehead atoms. The van der Waals surface area contributed by atoms with E-state index in [2.05, 4.69) is 92.6 Å². The number of anilines is 2. The maximum absolute atomic E-state index is 13.9. The predicted octanol–water partition coefficient (Wildman–Crippen LogP) is 6.16. The lowest BCUT2D eigenvalue weighted by atomic mass is 9.74. The molecular weight excluding hydrogens is 466 g/mol. The molecule has 0 aromatic heterocycles. The molecule has 5 rings (SSSR count). The minimum atomic E-state index is -0.761. The van der Waals surface area contributed by atoms with Gasteiger partial charge in [-0.25, -0.2) is 0 Å². The fourth-order valence-electron chi connectivity index (χ4n) is 6.00. The van der Waals surface area contributed by atoms with Crippen molar-refractivity contribution < 1.29 is 9.53 Å². The van der Waals surface area contributed by atoms with E-state index in [-0.39, 0.29) is 5.91 Å². The van der Waals surface area contributed by atoms with Crippen LogP contribution in [-0.4, -0.2) is 49.3 Å². The molecule has 3 aromatic rings. The molecule has 2 aliphatic heterocycles. The van der Waals surface area contributed by atoms with Gasteiger partial charge in [-0.1, -0.05) is 30.3 Å². The van der Waals surface area contributed by atoms with E-state index in [4.69, 9.17) is 4.74 Å². The normalized spacial score (nSPS) is 14.8. The molecular formula is C30H35N3O2S. The monoisotopic (exact) mass is 501 g/mol. The lowest BCUT2D eigenvalue weighted by molar-refractivity contribution is 0.0682. The van der Waals surface area contributed by atoms with E-state index in [0.717, 1.165) is 71.3 Å². The van der Waals surface area contributed by atoms with E-state index >= 15 is 0 Å². The maximum Gasteiger partial charge on any atom is 0.255 e. The molecule has 0 aliphatic carbocycles. The number of benzene rings is 3. The topological polar surface area (TPSA) is 36.0 Å². The highest BCUT2D eigenvalue weighted by molar-refractivity contribution is 7.80. The SMILES string of the molecule is CCN(CC)c1ccc2c(c1)Oc1cc(N(CC)CC)ccc1C21c2ccccc2C(=O)N1CCS. The molecule has 2 aliphatic rings. The zero-order valence-electron chi connectivity index (χ0n) is 21.6. The first-order chi connectivity index (χ1) is 17.5. The van der Waals surface area contributed by atoms with Crippen molar-refractivity contribution in [1.29, 1.82) is 0 Å². The van der Waals surface area contributed by atoms with Gasteiger partial charge in [0.15, 0.2) is 0 Å². The van der Waals surface area contributed by atoms with Gasteiger partial charge in [-0.05, 0) is 51.5 Å². The van der Waals surface area contributed by atoms with E-state index in [1.54, 1.807) is 0 Å². The quantitative estimate of drug-likeness (QED) is 0.375. The number of fused-ring (bicyclic) bond motifs is 6. The summed E-state index contributed by atoms with van der Waals surface area (Å²) in [5.41, 5.74) is 5.24. The first kappa shape index (κ1) is 24.6. The van der Waals surface area contributed by atoms with Crippen LogP contribution in [0.2, 0.25) is 0 Å². The number of carbonyl (C=O) groups is 1. The summed E-state index contributed by atoms with van der Waals surface area (Å²) in [4.78, 5) is 20.5. The number of rotatable bonds is 8. The Kier molecular flexibility index (Phi) is 6.64. The second-order valence-corrected chi connectivity index (χ2v) is 9.69. The minimum absolute atomic E-state index is 0.0408. The average Bonchev–Trinajstić information content (AvgIpc) is 3.14. The van der Waals surface area contributed by atoms with Crippen LogP contribution >= 0.6 is 12.6 Å². The Labute approximate surface area is 220 Å². The first-order valence-corrected chi connectivity index (χ1v) is 13.7. The molecule has 0 saturated heterocycles.